The Morgan fingerprint density at radius 3 is 2.43 bits per heavy atom. The zero-order valence-corrected chi connectivity index (χ0v) is 23.5. The second kappa shape index (κ2) is 12.5. The number of carbonyl (C=O) groups excluding carboxylic acids is 1. The van der Waals surface area contributed by atoms with Crippen LogP contribution in [0, 0.1) is 23.3 Å². The van der Waals surface area contributed by atoms with E-state index >= 15 is 4.39 Å². The van der Waals surface area contributed by atoms with Crippen molar-refractivity contribution in [3.63, 3.8) is 0 Å². The molecule has 0 saturated carbocycles. The number of benzene rings is 3. The summed E-state index contributed by atoms with van der Waals surface area (Å²) in [5.74, 6) is -4.59. The van der Waals surface area contributed by atoms with Crippen molar-refractivity contribution in [2.24, 2.45) is 5.73 Å². The molecule has 12 heteroatoms. The number of carbonyl (C=O) groups is 1. The summed E-state index contributed by atoms with van der Waals surface area (Å²) >= 11 is 0. The molecule has 2 aliphatic rings. The Bertz CT molecular complexity index is 1530. The van der Waals surface area contributed by atoms with Crippen LogP contribution in [0.4, 0.5) is 23.2 Å². The van der Waals surface area contributed by atoms with Gasteiger partial charge >= 0.3 is 0 Å². The maximum absolute atomic E-state index is 15.1. The van der Waals surface area contributed by atoms with Crippen molar-refractivity contribution in [1.29, 1.82) is 0 Å². The summed E-state index contributed by atoms with van der Waals surface area (Å²) in [5, 5.41) is 6.04. The van der Waals surface area contributed by atoms with E-state index in [2.05, 4.69) is 10.6 Å². The van der Waals surface area contributed by atoms with Gasteiger partial charge in [-0.15, -0.1) is 0 Å². The summed E-state index contributed by atoms with van der Waals surface area (Å²) in [7, 11) is -3.43. The lowest BCUT2D eigenvalue weighted by molar-refractivity contribution is -0.117. The van der Waals surface area contributed by atoms with Crippen molar-refractivity contribution in [1.82, 2.24) is 9.62 Å². The molecule has 2 saturated heterocycles. The molecule has 2 aliphatic heterocycles. The number of piperazine rings is 1. The smallest absolute Gasteiger partial charge is 0.242 e. The van der Waals surface area contributed by atoms with Crippen molar-refractivity contribution in [2.45, 2.75) is 49.7 Å². The van der Waals surface area contributed by atoms with Gasteiger partial charge in [0.1, 0.15) is 23.3 Å². The minimum atomic E-state index is -3.43. The highest BCUT2D eigenvalue weighted by Crippen LogP contribution is 2.31. The standard InChI is InChI=1S/C30H32F4N4O3S/c31-20-8-6-18(7-9-20)28(19-13-21(32)15-22(33)14-19)29(35)30(39)37-27-5-1-4-26(34)25(27)11-10-24-16-36-23-3-2-12-42(40,41)38(24)17-23/h1,4-9,13-15,23-24,28-29,36H,2-3,10-12,16-17,35H2,(H,37,39)/t23?,24?,28-,29-/m0/s1. The van der Waals surface area contributed by atoms with Crippen LogP contribution in [0.1, 0.15) is 41.9 Å². The molecule has 4 N–H and O–H groups in total. The average molecular weight is 605 g/mol. The Hall–Kier alpha value is -3.32. The molecule has 0 spiro atoms. The van der Waals surface area contributed by atoms with Gasteiger partial charge in [0.05, 0.1) is 11.8 Å². The summed E-state index contributed by atoms with van der Waals surface area (Å²) in [6.45, 7) is 0.808. The Labute approximate surface area is 242 Å². The number of hydrogen-bond acceptors (Lipinski definition) is 5. The van der Waals surface area contributed by atoms with Gasteiger partial charge in [0.25, 0.3) is 0 Å². The molecule has 5 atom stereocenters. The van der Waals surface area contributed by atoms with E-state index in [9.17, 15) is 26.4 Å². The number of nitrogens with two attached hydrogens (primary N) is 1. The molecular weight excluding hydrogens is 572 g/mol. The SMILES string of the molecule is N[C@H](C(=O)Nc1cccc(F)c1CCC1CNC2CCCS(=O)(=O)N1C2)[C@@H](c1ccc(F)cc1)c1cc(F)cc(F)c1. The summed E-state index contributed by atoms with van der Waals surface area (Å²) in [5.41, 5.74) is 7.12. The van der Waals surface area contributed by atoms with Crippen molar-refractivity contribution >= 4 is 21.6 Å². The molecule has 1 amide bonds. The van der Waals surface area contributed by atoms with Crippen LogP contribution >= 0.6 is 0 Å². The highest BCUT2D eigenvalue weighted by atomic mass is 32.2. The second-order valence-corrected chi connectivity index (χ2v) is 12.9. The molecule has 3 aromatic carbocycles. The van der Waals surface area contributed by atoms with Crippen molar-refractivity contribution in [3.05, 3.63) is 101 Å². The molecule has 2 bridgehead atoms. The maximum Gasteiger partial charge on any atom is 0.242 e. The van der Waals surface area contributed by atoms with Crippen LogP contribution in [0.2, 0.25) is 0 Å². The van der Waals surface area contributed by atoms with Gasteiger partial charge in [0.2, 0.25) is 15.9 Å². The number of rotatable bonds is 8. The summed E-state index contributed by atoms with van der Waals surface area (Å²) in [4.78, 5) is 13.5. The third-order valence-electron chi connectivity index (χ3n) is 8.00. The van der Waals surface area contributed by atoms with Gasteiger partial charge in [-0.25, -0.2) is 26.0 Å². The number of fused-ring (bicyclic) bond motifs is 2. The number of sulfonamides is 1. The van der Waals surface area contributed by atoms with E-state index in [1.54, 1.807) is 0 Å². The van der Waals surface area contributed by atoms with E-state index in [-0.39, 0.29) is 41.1 Å². The van der Waals surface area contributed by atoms with E-state index in [1.165, 1.54) is 34.6 Å². The third kappa shape index (κ3) is 6.67. The maximum atomic E-state index is 15.1. The molecular formula is C30H32F4N4O3S. The first kappa shape index (κ1) is 30.1. The predicted molar refractivity (Wildman–Crippen MR) is 151 cm³/mol. The fourth-order valence-electron chi connectivity index (χ4n) is 5.89. The van der Waals surface area contributed by atoms with Gasteiger partial charge in [0.15, 0.2) is 0 Å². The number of halogens is 4. The van der Waals surface area contributed by atoms with Crippen molar-refractivity contribution < 1.29 is 30.8 Å². The highest BCUT2D eigenvalue weighted by Gasteiger charge is 2.38. The molecule has 7 nitrogen and oxygen atoms in total. The molecule has 2 heterocycles. The molecule has 0 aromatic heterocycles. The van der Waals surface area contributed by atoms with Crippen LogP contribution in [0.3, 0.4) is 0 Å². The highest BCUT2D eigenvalue weighted by molar-refractivity contribution is 7.89. The van der Waals surface area contributed by atoms with Crippen LogP contribution in [0.25, 0.3) is 0 Å². The van der Waals surface area contributed by atoms with Gasteiger partial charge in [0, 0.05) is 48.4 Å². The monoisotopic (exact) mass is 604 g/mol. The van der Waals surface area contributed by atoms with E-state index < -0.39 is 51.2 Å². The van der Waals surface area contributed by atoms with Gasteiger partial charge in [-0.1, -0.05) is 18.2 Å². The van der Waals surface area contributed by atoms with Crippen molar-refractivity contribution in [2.75, 3.05) is 24.2 Å². The minimum Gasteiger partial charge on any atom is -0.324 e. The van der Waals surface area contributed by atoms with Crippen LogP contribution in [-0.2, 0) is 21.2 Å². The van der Waals surface area contributed by atoms with Crippen LogP contribution in [0.5, 0.6) is 0 Å². The summed E-state index contributed by atoms with van der Waals surface area (Å²) in [6, 6.07) is 10.4. The second-order valence-electron chi connectivity index (χ2n) is 10.8. The van der Waals surface area contributed by atoms with Gasteiger partial charge in [-0.2, -0.15) is 4.31 Å². The number of hydrogen-bond donors (Lipinski definition) is 3. The molecule has 5 rings (SSSR count). The lowest BCUT2D eigenvalue weighted by Crippen LogP contribution is -2.57. The number of nitrogens with one attached hydrogen (secondary N) is 2. The molecule has 42 heavy (non-hydrogen) atoms. The first-order chi connectivity index (χ1) is 20.0. The molecule has 0 aliphatic carbocycles. The van der Waals surface area contributed by atoms with E-state index in [0.717, 1.165) is 30.7 Å². The van der Waals surface area contributed by atoms with Crippen molar-refractivity contribution in [3.8, 4) is 0 Å². The van der Waals surface area contributed by atoms with E-state index in [0.29, 0.717) is 37.6 Å². The quantitative estimate of drug-likeness (QED) is 0.337. The Kier molecular flexibility index (Phi) is 8.97. The number of anilines is 1. The lowest BCUT2D eigenvalue weighted by Gasteiger charge is -2.37. The Morgan fingerprint density at radius 2 is 1.71 bits per heavy atom. The zero-order chi connectivity index (χ0) is 30.0. The molecule has 2 fully saturated rings. The fraction of sp³-hybridized carbons (Fsp3) is 0.367. The largest absolute Gasteiger partial charge is 0.324 e. The van der Waals surface area contributed by atoms with E-state index in [4.69, 9.17) is 5.73 Å². The predicted octanol–water partition coefficient (Wildman–Crippen LogP) is 4.04. The number of nitrogens with zero attached hydrogens (tertiary/aromatic N) is 1. The minimum absolute atomic E-state index is 0.0722. The molecule has 3 unspecified atom stereocenters. The number of amides is 1. The topological polar surface area (TPSA) is 105 Å². The van der Waals surface area contributed by atoms with Crippen LogP contribution in [-0.4, -0.2) is 55.6 Å². The summed E-state index contributed by atoms with van der Waals surface area (Å²) in [6.07, 6.45) is 1.80. The Morgan fingerprint density at radius 1 is 1.00 bits per heavy atom. The van der Waals surface area contributed by atoms with E-state index in [1.807, 2.05) is 0 Å². The van der Waals surface area contributed by atoms with Crippen LogP contribution < -0.4 is 16.4 Å². The molecule has 224 valence electrons. The fourth-order valence-corrected chi connectivity index (χ4v) is 7.69. The first-order valence-electron chi connectivity index (χ1n) is 13.8. The zero-order valence-electron chi connectivity index (χ0n) is 22.7. The van der Waals surface area contributed by atoms with Gasteiger partial charge in [-0.3, -0.25) is 4.79 Å². The van der Waals surface area contributed by atoms with Gasteiger partial charge in [-0.05, 0) is 73.2 Å². The Balaban J connectivity index is 1.38. The molecule has 3 aromatic rings. The average Bonchev–Trinajstić information content (AvgIpc) is 3.05. The normalized spacial score (nSPS) is 23.0. The van der Waals surface area contributed by atoms with Gasteiger partial charge < -0.3 is 16.4 Å². The summed E-state index contributed by atoms with van der Waals surface area (Å²) < 4.78 is 84.2. The van der Waals surface area contributed by atoms with Crippen LogP contribution in [0.15, 0.2) is 60.7 Å². The lowest BCUT2D eigenvalue weighted by atomic mass is 9.84. The third-order valence-corrected chi connectivity index (χ3v) is 9.97. The molecule has 0 radical (unpaired) electrons. The first-order valence-corrected chi connectivity index (χ1v) is 15.4.